The summed E-state index contributed by atoms with van der Waals surface area (Å²) in [6, 6.07) is 13.2. The van der Waals surface area contributed by atoms with E-state index in [0.29, 0.717) is 11.8 Å². The Labute approximate surface area is 167 Å². The van der Waals surface area contributed by atoms with Crippen LogP contribution in [0.25, 0.3) is 0 Å². The van der Waals surface area contributed by atoms with E-state index in [0.717, 1.165) is 23.3 Å². The number of rotatable bonds is 5. The van der Waals surface area contributed by atoms with Crippen LogP contribution in [0, 0.1) is 25.5 Å². The maximum Gasteiger partial charge on any atom is 0.261 e. The van der Waals surface area contributed by atoms with E-state index in [1.807, 2.05) is 19.9 Å². The molecule has 0 aromatic heterocycles. The van der Waals surface area contributed by atoms with Crippen LogP contribution in [-0.4, -0.2) is 14.3 Å². The fourth-order valence-corrected chi connectivity index (χ4v) is 3.64. The number of aryl methyl sites for hydroxylation is 2. The van der Waals surface area contributed by atoms with Gasteiger partial charge in [-0.3, -0.25) is 9.52 Å². The Morgan fingerprint density at radius 1 is 0.862 bits per heavy atom. The number of carbonyl (C=O) groups is 1. The second-order valence-corrected chi connectivity index (χ2v) is 8.19. The SMILES string of the molecule is Cc1ccc(NS(=O)(=O)c2ccc(C(=O)Nc3ccc(F)cc3F)cc2)cc1C. The predicted octanol–water partition coefficient (Wildman–Crippen LogP) is 4.63. The van der Waals surface area contributed by atoms with Gasteiger partial charge >= 0.3 is 0 Å². The monoisotopic (exact) mass is 416 g/mol. The average Bonchev–Trinajstić information content (AvgIpc) is 2.67. The van der Waals surface area contributed by atoms with Gasteiger partial charge in [0.15, 0.2) is 0 Å². The van der Waals surface area contributed by atoms with E-state index in [1.54, 1.807) is 12.1 Å². The van der Waals surface area contributed by atoms with Gasteiger partial charge in [0.05, 0.1) is 10.6 Å². The van der Waals surface area contributed by atoms with Crippen LogP contribution in [0.3, 0.4) is 0 Å². The topological polar surface area (TPSA) is 75.3 Å². The second kappa shape index (κ2) is 8.00. The lowest BCUT2D eigenvalue weighted by Crippen LogP contribution is -2.15. The Balaban J connectivity index is 1.76. The minimum absolute atomic E-state index is 0.0276. The molecule has 3 aromatic carbocycles. The van der Waals surface area contributed by atoms with Crippen molar-refractivity contribution in [2.75, 3.05) is 10.0 Å². The first-order valence-corrected chi connectivity index (χ1v) is 10.1. The van der Waals surface area contributed by atoms with Crippen molar-refractivity contribution in [3.8, 4) is 0 Å². The van der Waals surface area contributed by atoms with E-state index in [-0.39, 0.29) is 16.1 Å². The number of hydrogen-bond acceptors (Lipinski definition) is 3. The summed E-state index contributed by atoms with van der Waals surface area (Å²) in [5, 5.41) is 2.32. The van der Waals surface area contributed by atoms with Crippen molar-refractivity contribution in [1.29, 1.82) is 0 Å². The number of sulfonamides is 1. The first kappa shape index (κ1) is 20.5. The van der Waals surface area contributed by atoms with Crippen molar-refractivity contribution in [3.63, 3.8) is 0 Å². The van der Waals surface area contributed by atoms with E-state index < -0.39 is 27.6 Å². The highest BCUT2D eigenvalue weighted by molar-refractivity contribution is 7.92. The molecule has 0 aliphatic rings. The first-order chi connectivity index (χ1) is 13.7. The molecule has 5 nitrogen and oxygen atoms in total. The zero-order chi connectivity index (χ0) is 21.2. The molecule has 0 spiro atoms. The van der Waals surface area contributed by atoms with Gasteiger partial charge in [0.2, 0.25) is 0 Å². The van der Waals surface area contributed by atoms with Crippen LogP contribution >= 0.6 is 0 Å². The Hall–Kier alpha value is -3.26. The minimum Gasteiger partial charge on any atom is -0.319 e. The lowest BCUT2D eigenvalue weighted by Gasteiger charge is -2.11. The Morgan fingerprint density at radius 2 is 1.55 bits per heavy atom. The number of hydrogen-bond donors (Lipinski definition) is 2. The fraction of sp³-hybridized carbons (Fsp3) is 0.0952. The maximum atomic E-state index is 13.7. The highest BCUT2D eigenvalue weighted by Crippen LogP contribution is 2.20. The Morgan fingerprint density at radius 3 is 2.17 bits per heavy atom. The highest BCUT2D eigenvalue weighted by Gasteiger charge is 2.16. The van der Waals surface area contributed by atoms with E-state index >= 15 is 0 Å². The third kappa shape index (κ3) is 4.78. The molecule has 0 atom stereocenters. The van der Waals surface area contributed by atoms with E-state index in [1.165, 1.54) is 24.3 Å². The number of halogens is 2. The molecule has 0 aliphatic heterocycles. The smallest absolute Gasteiger partial charge is 0.261 e. The first-order valence-electron chi connectivity index (χ1n) is 8.62. The number of carbonyl (C=O) groups excluding carboxylic acids is 1. The summed E-state index contributed by atoms with van der Waals surface area (Å²) in [5.74, 6) is -2.32. The van der Waals surface area contributed by atoms with Crippen LogP contribution in [0.2, 0.25) is 0 Å². The number of anilines is 2. The van der Waals surface area contributed by atoms with Gasteiger partial charge in [0, 0.05) is 17.3 Å². The lowest BCUT2D eigenvalue weighted by atomic mass is 10.1. The third-order valence-electron chi connectivity index (χ3n) is 4.37. The van der Waals surface area contributed by atoms with Crippen LogP contribution < -0.4 is 10.0 Å². The van der Waals surface area contributed by atoms with E-state index in [9.17, 15) is 22.0 Å². The van der Waals surface area contributed by atoms with Crippen LogP contribution in [-0.2, 0) is 10.0 Å². The van der Waals surface area contributed by atoms with Gasteiger partial charge in [-0.1, -0.05) is 6.07 Å². The molecule has 0 radical (unpaired) electrons. The van der Waals surface area contributed by atoms with Gasteiger partial charge < -0.3 is 5.32 Å². The summed E-state index contributed by atoms with van der Waals surface area (Å²) in [4.78, 5) is 12.2. The summed E-state index contributed by atoms with van der Waals surface area (Å²) < 4.78 is 54.2. The van der Waals surface area contributed by atoms with Gasteiger partial charge in [-0.2, -0.15) is 0 Å². The summed E-state index contributed by atoms with van der Waals surface area (Å²) >= 11 is 0. The molecule has 29 heavy (non-hydrogen) atoms. The lowest BCUT2D eigenvalue weighted by molar-refractivity contribution is 0.102. The van der Waals surface area contributed by atoms with Crippen molar-refractivity contribution in [3.05, 3.63) is 89.0 Å². The van der Waals surface area contributed by atoms with Crippen molar-refractivity contribution >= 4 is 27.3 Å². The summed E-state index contributed by atoms with van der Waals surface area (Å²) in [7, 11) is -3.84. The molecule has 2 N–H and O–H groups in total. The standard InChI is InChI=1S/C21H18F2N2O3S/c1-13-3-7-17(11-14(13)2)25-29(27,28)18-8-4-15(5-9-18)21(26)24-20-10-6-16(22)12-19(20)23/h3-12,25H,1-2H3,(H,24,26). The van der Waals surface area contributed by atoms with Crippen LogP contribution in [0.15, 0.2) is 65.6 Å². The Bertz CT molecular complexity index is 1180. The molecule has 0 fully saturated rings. The van der Waals surface area contributed by atoms with Gasteiger partial charge in [0.1, 0.15) is 11.6 Å². The highest BCUT2D eigenvalue weighted by atomic mass is 32.2. The normalized spacial score (nSPS) is 11.2. The molecule has 0 aliphatic carbocycles. The molecule has 0 saturated carbocycles. The number of amides is 1. The average molecular weight is 416 g/mol. The van der Waals surface area contributed by atoms with Crippen molar-refractivity contribution in [2.24, 2.45) is 0 Å². The molecule has 0 bridgehead atoms. The maximum absolute atomic E-state index is 13.7. The predicted molar refractivity (Wildman–Crippen MR) is 107 cm³/mol. The molecular weight excluding hydrogens is 398 g/mol. The van der Waals surface area contributed by atoms with Crippen molar-refractivity contribution in [2.45, 2.75) is 18.7 Å². The zero-order valence-electron chi connectivity index (χ0n) is 15.7. The second-order valence-electron chi connectivity index (χ2n) is 6.51. The quantitative estimate of drug-likeness (QED) is 0.637. The molecule has 3 rings (SSSR count). The van der Waals surface area contributed by atoms with E-state index in [2.05, 4.69) is 10.0 Å². The number of nitrogens with one attached hydrogen (secondary N) is 2. The van der Waals surface area contributed by atoms with Gasteiger partial charge in [0.25, 0.3) is 15.9 Å². The Kier molecular flexibility index (Phi) is 5.65. The molecule has 0 unspecified atom stereocenters. The molecule has 3 aromatic rings. The molecule has 8 heteroatoms. The third-order valence-corrected chi connectivity index (χ3v) is 5.76. The molecule has 150 valence electrons. The summed E-state index contributed by atoms with van der Waals surface area (Å²) in [5.41, 5.74) is 2.37. The van der Waals surface area contributed by atoms with Crippen LogP contribution in [0.5, 0.6) is 0 Å². The summed E-state index contributed by atoms with van der Waals surface area (Å²) in [6.07, 6.45) is 0. The summed E-state index contributed by atoms with van der Waals surface area (Å²) in [6.45, 7) is 3.81. The molecular formula is C21H18F2N2O3S. The molecule has 0 heterocycles. The largest absolute Gasteiger partial charge is 0.319 e. The number of benzene rings is 3. The van der Waals surface area contributed by atoms with E-state index in [4.69, 9.17) is 0 Å². The van der Waals surface area contributed by atoms with Crippen molar-refractivity contribution < 1.29 is 22.0 Å². The molecule has 0 saturated heterocycles. The van der Waals surface area contributed by atoms with Gasteiger partial charge in [-0.05, 0) is 73.5 Å². The van der Waals surface area contributed by atoms with Crippen LogP contribution in [0.1, 0.15) is 21.5 Å². The minimum atomic E-state index is -3.84. The fourth-order valence-electron chi connectivity index (χ4n) is 2.59. The van der Waals surface area contributed by atoms with Gasteiger partial charge in [-0.25, -0.2) is 17.2 Å². The van der Waals surface area contributed by atoms with Gasteiger partial charge in [-0.15, -0.1) is 0 Å². The van der Waals surface area contributed by atoms with Crippen molar-refractivity contribution in [1.82, 2.24) is 0 Å². The molecule has 1 amide bonds. The zero-order valence-corrected chi connectivity index (χ0v) is 16.5. The van der Waals surface area contributed by atoms with Crippen LogP contribution in [0.4, 0.5) is 20.2 Å².